The highest BCUT2D eigenvalue weighted by molar-refractivity contribution is 5.84. The highest BCUT2D eigenvalue weighted by Gasteiger charge is 2.51. The van der Waals surface area contributed by atoms with E-state index in [4.69, 9.17) is 4.74 Å². The summed E-state index contributed by atoms with van der Waals surface area (Å²) in [7, 11) is 0. The first-order valence-electron chi connectivity index (χ1n) is 13.6. The summed E-state index contributed by atoms with van der Waals surface area (Å²) in [6, 6.07) is 0.694. The topological polar surface area (TPSA) is 83.1 Å². The number of halogens is 3. The lowest BCUT2D eigenvalue weighted by molar-refractivity contribution is -0.144. The van der Waals surface area contributed by atoms with Crippen LogP contribution in [0.5, 0.6) is 0 Å². The van der Waals surface area contributed by atoms with Crippen LogP contribution in [0.3, 0.4) is 0 Å². The number of rotatable bonds is 5. The van der Waals surface area contributed by atoms with E-state index in [9.17, 15) is 18.0 Å². The standard InChI is InChI=1S/C27H38F3N5O2/c1-16(2)26(8-4-20(13-26)33-19-6-10-37-11-7-19)25(36)35-9-5-21-18(14-35)12-22(27(28,29)30)17(3)23(21)24-31-15-32-34-24/h12,15-17,19-20,23,33H,4-11,13-14H2,1-3H3,(H,31,32,34)/t17?,20-,23?,26+/m1/s1. The number of alkyl halides is 3. The van der Waals surface area contributed by atoms with Gasteiger partial charge in [0.15, 0.2) is 0 Å². The molecule has 7 nitrogen and oxygen atoms in total. The molecular formula is C27H38F3N5O2. The Kier molecular flexibility index (Phi) is 7.26. The fraction of sp³-hybridized carbons (Fsp3) is 0.741. The van der Waals surface area contributed by atoms with E-state index >= 15 is 0 Å². The van der Waals surface area contributed by atoms with E-state index in [0.717, 1.165) is 50.9 Å². The Bertz CT molecular complexity index is 1040. The van der Waals surface area contributed by atoms with E-state index in [1.807, 2.05) is 4.90 Å². The van der Waals surface area contributed by atoms with Gasteiger partial charge in [-0.2, -0.15) is 18.3 Å². The Morgan fingerprint density at radius 3 is 2.65 bits per heavy atom. The molecule has 1 aromatic heterocycles. The maximum Gasteiger partial charge on any atom is 0.412 e. The van der Waals surface area contributed by atoms with Gasteiger partial charge in [-0.1, -0.05) is 26.3 Å². The molecule has 2 fully saturated rings. The van der Waals surface area contributed by atoms with Gasteiger partial charge in [0.2, 0.25) is 5.91 Å². The molecule has 2 aliphatic carbocycles. The van der Waals surface area contributed by atoms with E-state index in [1.54, 1.807) is 6.92 Å². The molecule has 2 aliphatic heterocycles. The molecule has 1 amide bonds. The van der Waals surface area contributed by atoms with Crippen LogP contribution in [0.4, 0.5) is 13.2 Å². The number of aromatic amines is 1. The van der Waals surface area contributed by atoms with E-state index in [1.165, 1.54) is 12.4 Å². The van der Waals surface area contributed by atoms with Gasteiger partial charge in [0, 0.05) is 49.9 Å². The molecule has 3 heterocycles. The molecule has 1 aromatic rings. The number of nitrogens with one attached hydrogen (secondary N) is 2. The molecular weight excluding hydrogens is 483 g/mol. The third kappa shape index (κ3) is 4.99. The number of carbonyl (C=O) groups is 1. The molecule has 204 valence electrons. The van der Waals surface area contributed by atoms with E-state index < -0.39 is 29.0 Å². The van der Waals surface area contributed by atoms with Gasteiger partial charge in [0.05, 0.1) is 5.41 Å². The molecule has 0 aromatic carbocycles. The fourth-order valence-electron chi connectivity index (χ4n) is 7.07. The molecule has 2 N–H and O–H groups in total. The van der Waals surface area contributed by atoms with Crippen molar-refractivity contribution in [3.63, 3.8) is 0 Å². The molecule has 10 heteroatoms. The monoisotopic (exact) mass is 521 g/mol. The van der Waals surface area contributed by atoms with Crippen molar-refractivity contribution in [1.29, 1.82) is 0 Å². The van der Waals surface area contributed by atoms with Crippen LogP contribution >= 0.6 is 0 Å². The molecule has 0 radical (unpaired) electrons. The summed E-state index contributed by atoms with van der Waals surface area (Å²) in [6.45, 7) is 8.07. The van der Waals surface area contributed by atoms with Crippen LogP contribution in [0, 0.1) is 17.3 Å². The maximum atomic E-state index is 14.1. The highest BCUT2D eigenvalue weighted by Crippen LogP contribution is 2.50. The second-order valence-corrected chi connectivity index (χ2v) is 11.6. The predicted octanol–water partition coefficient (Wildman–Crippen LogP) is 4.52. The largest absolute Gasteiger partial charge is 0.412 e. The van der Waals surface area contributed by atoms with Crippen molar-refractivity contribution < 1.29 is 22.7 Å². The maximum absolute atomic E-state index is 14.1. The normalized spacial score (nSPS) is 31.6. The Morgan fingerprint density at radius 1 is 1.24 bits per heavy atom. The summed E-state index contributed by atoms with van der Waals surface area (Å²) in [5.74, 6) is -0.613. The third-order valence-electron chi connectivity index (χ3n) is 9.24. The first-order chi connectivity index (χ1) is 17.6. The van der Waals surface area contributed by atoms with Crippen molar-refractivity contribution in [3.05, 3.63) is 34.9 Å². The minimum absolute atomic E-state index is 0.0853. The van der Waals surface area contributed by atoms with Crippen LogP contribution in [0.25, 0.3) is 0 Å². The molecule has 4 atom stereocenters. The number of ether oxygens (including phenoxy) is 1. The number of aromatic nitrogens is 3. The average molecular weight is 522 g/mol. The van der Waals surface area contributed by atoms with Gasteiger partial charge >= 0.3 is 6.18 Å². The molecule has 0 bridgehead atoms. The van der Waals surface area contributed by atoms with Gasteiger partial charge in [0.25, 0.3) is 0 Å². The SMILES string of the molecule is CC1C(C(F)(F)F)=CC2=C(CCN(C(=O)[C@@]3(C(C)C)CC[C@@H](NC4CCOCC4)C3)C2)C1c1ncn[nH]1. The number of nitrogens with zero attached hydrogens (tertiary/aromatic N) is 3. The summed E-state index contributed by atoms with van der Waals surface area (Å²) in [6.07, 6.45) is 3.20. The van der Waals surface area contributed by atoms with Gasteiger partial charge in [-0.3, -0.25) is 9.89 Å². The van der Waals surface area contributed by atoms with Gasteiger partial charge in [-0.05, 0) is 62.0 Å². The smallest absolute Gasteiger partial charge is 0.381 e. The van der Waals surface area contributed by atoms with Crippen LogP contribution in [-0.4, -0.2) is 70.6 Å². The fourth-order valence-corrected chi connectivity index (χ4v) is 7.07. The lowest BCUT2D eigenvalue weighted by Crippen LogP contribution is -2.50. The van der Waals surface area contributed by atoms with E-state index in [-0.39, 0.29) is 24.4 Å². The van der Waals surface area contributed by atoms with Crippen LogP contribution in [-0.2, 0) is 9.53 Å². The Balaban J connectivity index is 1.38. The Labute approximate surface area is 216 Å². The lowest BCUT2D eigenvalue weighted by atomic mass is 9.71. The van der Waals surface area contributed by atoms with Gasteiger partial charge in [-0.25, -0.2) is 4.98 Å². The molecule has 1 saturated carbocycles. The molecule has 37 heavy (non-hydrogen) atoms. The number of carbonyl (C=O) groups excluding carboxylic acids is 1. The minimum Gasteiger partial charge on any atom is -0.381 e. The highest BCUT2D eigenvalue weighted by atomic mass is 19.4. The van der Waals surface area contributed by atoms with Crippen molar-refractivity contribution >= 4 is 5.91 Å². The minimum atomic E-state index is -4.45. The van der Waals surface area contributed by atoms with E-state index in [0.29, 0.717) is 30.4 Å². The van der Waals surface area contributed by atoms with Crippen LogP contribution in [0.1, 0.15) is 71.0 Å². The quantitative estimate of drug-likeness (QED) is 0.596. The third-order valence-corrected chi connectivity index (χ3v) is 9.24. The first kappa shape index (κ1) is 26.4. The van der Waals surface area contributed by atoms with Crippen molar-refractivity contribution in [2.75, 3.05) is 26.3 Å². The summed E-state index contributed by atoms with van der Waals surface area (Å²) in [5.41, 5.74) is 0.469. The predicted molar refractivity (Wildman–Crippen MR) is 133 cm³/mol. The Hall–Kier alpha value is -2.20. The van der Waals surface area contributed by atoms with E-state index in [2.05, 4.69) is 34.3 Å². The van der Waals surface area contributed by atoms with Gasteiger partial charge in [-0.15, -0.1) is 0 Å². The number of hydrogen-bond acceptors (Lipinski definition) is 5. The zero-order valence-corrected chi connectivity index (χ0v) is 21.9. The summed E-state index contributed by atoms with van der Waals surface area (Å²) >= 11 is 0. The number of H-pyrrole nitrogens is 1. The van der Waals surface area contributed by atoms with Gasteiger partial charge < -0.3 is 15.0 Å². The van der Waals surface area contributed by atoms with Crippen molar-refractivity contribution in [2.45, 2.75) is 83.5 Å². The summed E-state index contributed by atoms with van der Waals surface area (Å²) in [4.78, 5) is 20.1. The summed E-state index contributed by atoms with van der Waals surface area (Å²) < 4.78 is 47.6. The number of allylic oxidation sites excluding steroid dienone is 1. The number of amides is 1. The molecule has 5 rings (SSSR count). The zero-order valence-electron chi connectivity index (χ0n) is 21.9. The first-order valence-corrected chi connectivity index (χ1v) is 13.6. The molecule has 2 unspecified atom stereocenters. The van der Waals surface area contributed by atoms with Crippen molar-refractivity contribution in [1.82, 2.24) is 25.4 Å². The Morgan fingerprint density at radius 2 is 2.00 bits per heavy atom. The average Bonchev–Trinajstić information content (AvgIpc) is 3.54. The summed E-state index contributed by atoms with van der Waals surface area (Å²) in [5, 5.41) is 10.5. The van der Waals surface area contributed by atoms with Gasteiger partial charge in [0.1, 0.15) is 12.2 Å². The second-order valence-electron chi connectivity index (χ2n) is 11.6. The molecule has 1 saturated heterocycles. The van der Waals surface area contributed by atoms with Crippen molar-refractivity contribution in [2.24, 2.45) is 17.3 Å². The van der Waals surface area contributed by atoms with Crippen LogP contribution in [0.15, 0.2) is 29.1 Å². The lowest BCUT2D eigenvalue weighted by Gasteiger charge is -2.43. The zero-order chi connectivity index (χ0) is 26.4. The van der Waals surface area contributed by atoms with Crippen molar-refractivity contribution in [3.8, 4) is 0 Å². The van der Waals surface area contributed by atoms with Crippen LogP contribution in [0.2, 0.25) is 0 Å². The molecule has 0 spiro atoms. The second kappa shape index (κ2) is 10.2. The number of hydrogen-bond donors (Lipinski definition) is 2. The molecule has 4 aliphatic rings. The van der Waals surface area contributed by atoms with Crippen LogP contribution < -0.4 is 5.32 Å².